The van der Waals surface area contributed by atoms with Gasteiger partial charge in [-0.15, -0.1) is 0 Å². The van der Waals surface area contributed by atoms with E-state index in [0.29, 0.717) is 0 Å². The predicted molar refractivity (Wildman–Crippen MR) is 54.3 cm³/mol. The van der Waals surface area contributed by atoms with E-state index >= 15 is 0 Å². The molecule has 1 atom stereocenters. The van der Waals surface area contributed by atoms with E-state index in [-0.39, 0.29) is 6.04 Å². The lowest BCUT2D eigenvalue weighted by Crippen LogP contribution is -2.19. The lowest BCUT2D eigenvalue weighted by Gasteiger charge is -2.23. The van der Waals surface area contributed by atoms with Gasteiger partial charge in [0.1, 0.15) is 0 Å². The second-order valence-electron chi connectivity index (χ2n) is 3.26. The van der Waals surface area contributed by atoms with Gasteiger partial charge in [-0.2, -0.15) is 11.8 Å². The number of hydrogen-bond acceptors (Lipinski definition) is 2. The van der Waals surface area contributed by atoms with E-state index in [1.165, 1.54) is 16.7 Å². The Hall–Kier alpha value is -0.470. The van der Waals surface area contributed by atoms with Gasteiger partial charge in [0.25, 0.3) is 0 Å². The van der Waals surface area contributed by atoms with Gasteiger partial charge in [-0.25, -0.2) is 0 Å². The number of rotatable bonds is 0. The number of aryl methyl sites for hydroxylation is 1. The van der Waals surface area contributed by atoms with Crippen LogP contribution >= 0.6 is 11.8 Å². The fourth-order valence-corrected chi connectivity index (χ4v) is 2.80. The Morgan fingerprint density at radius 3 is 3.08 bits per heavy atom. The third kappa shape index (κ3) is 1.25. The van der Waals surface area contributed by atoms with Crippen LogP contribution in [0.25, 0.3) is 0 Å². The molecule has 1 heterocycles. The Bertz CT molecular complexity index is 296. The molecular weight excluding hydrogens is 166 g/mol. The molecule has 0 aliphatic carbocycles. The van der Waals surface area contributed by atoms with Crippen molar-refractivity contribution in [3.05, 3.63) is 34.9 Å². The summed E-state index contributed by atoms with van der Waals surface area (Å²) in [6, 6.07) is 6.67. The molecule has 0 unspecified atom stereocenters. The Labute approximate surface area is 77.3 Å². The Morgan fingerprint density at radius 1 is 1.50 bits per heavy atom. The minimum absolute atomic E-state index is 0.249. The largest absolute Gasteiger partial charge is 0.323 e. The van der Waals surface area contributed by atoms with Crippen molar-refractivity contribution in [1.29, 1.82) is 0 Å². The highest BCUT2D eigenvalue weighted by Crippen LogP contribution is 2.31. The van der Waals surface area contributed by atoms with Crippen LogP contribution in [0.5, 0.6) is 0 Å². The zero-order chi connectivity index (χ0) is 8.55. The molecule has 12 heavy (non-hydrogen) atoms. The van der Waals surface area contributed by atoms with Gasteiger partial charge in [-0.3, -0.25) is 0 Å². The summed E-state index contributed by atoms with van der Waals surface area (Å²) in [5.74, 6) is 2.20. The van der Waals surface area contributed by atoms with Crippen LogP contribution in [-0.4, -0.2) is 5.75 Å². The van der Waals surface area contributed by atoms with E-state index in [0.717, 1.165) is 11.5 Å². The standard InChI is InChI=1S/C10H13NS/c1-7-3-2-4-8-9(7)5-12-6-10(8)11/h2-4,10H,5-6,11H2,1H3/t10-/m1/s1. The Balaban J connectivity index is 2.52. The van der Waals surface area contributed by atoms with E-state index < -0.39 is 0 Å². The minimum atomic E-state index is 0.249. The first-order valence-electron chi connectivity index (χ1n) is 4.21. The van der Waals surface area contributed by atoms with Crippen molar-refractivity contribution >= 4 is 11.8 Å². The van der Waals surface area contributed by atoms with Crippen molar-refractivity contribution < 1.29 is 0 Å². The molecule has 1 aliphatic heterocycles. The van der Waals surface area contributed by atoms with Gasteiger partial charge in [0, 0.05) is 17.5 Å². The van der Waals surface area contributed by atoms with Gasteiger partial charge in [0.2, 0.25) is 0 Å². The third-order valence-electron chi connectivity index (χ3n) is 2.39. The summed E-state index contributed by atoms with van der Waals surface area (Å²) in [7, 11) is 0. The summed E-state index contributed by atoms with van der Waals surface area (Å²) < 4.78 is 0. The molecule has 2 N–H and O–H groups in total. The fourth-order valence-electron chi connectivity index (χ4n) is 1.65. The second kappa shape index (κ2) is 3.11. The van der Waals surface area contributed by atoms with Gasteiger partial charge < -0.3 is 5.73 Å². The molecule has 1 aliphatic rings. The monoisotopic (exact) mass is 179 g/mol. The van der Waals surface area contributed by atoms with Crippen LogP contribution in [0.3, 0.4) is 0 Å². The smallest absolute Gasteiger partial charge is 0.0390 e. The van der Waals surface area contributed by atoms with Crippen molar-refractivity contribution in [1.82, 2.24) is 0 Å². The molecule has 1 aromatic carbocycles. The summed E-state index contributed by atoms with van der Waals surface area (Å²) in [6.07, 6.45) is 0. The highest BCUT2D eigenvalue weighted by atomic mass is 32.2. The number of nitrogens with two attached hydrogens (primary N) is 1. The first-order chi connectivity index (χ1) is 5.79. The van der Waals surface area contributed by atoms with Gasteiger partial charge in [-0.05, 0) is 23.6 Å². The van der Waals surface area contributed by atoms with Crippen LogP contribution in [-0.2, 0) is 5.75 Å². The Morgan fingerprint density at radius 2 is 2.33 bits per heavy atom. The lowest BCUT2D eigenvalue weighted by molar-refractivity contribution is 0.806. The molecule has 0 aromatic heterocycles. The normalized spacial score (nSPS) is 22.0. The number of fused-ring (bicyclic) bond motifs is 1. The van der Waals surface area contributed by atoms with Crippen LogP contribution in [0.15, 0.2) is 18.2 Å². The maximum absolute atomic E-state index is 5.99. The molecule has 1 nitrogen and oxygen atoms in total. The summed E-state index contributed by atoms with van der Waals surface area (Å²) in [6.45, 7) is 2.16. The second-order valence-corrected chi connectivity index (χ2v) is 4.29. The van der Waals surface area contributed by atoms with Gasteiger partial charge in [0.05, 0.1) is 0 Å². The van der Waals surface area contributed by atoms with E-state index in [1.54, 1.807) is 0 Å². The zero-order valence-electron chi connectivity index (χ0n) is 7.21. The van der Waals surface area contributed by atoms with E-state index in [1.807, 2.05) is 11.8 Å². The molecule has 0 saturated heterocycles. The number of benzene rings is 1. The van der Waals surface area contributed by atoms with E-state index in [2.05, 4.69) is 25.1 Å². The summed E-state index contributed by atoms with van der Waals surface area (Å²) >= 11 is 1.93. The maximum Gasteiger partial charge on any atom is 0.0390 e. The van der Waals surface area contributed by atoms with Crippen molar-refractivity contribution in [2.24, 2.45) is 5.73 Å². The molecule has 1 aromatic rings. The van der Waals surface area contributed by atoms with Crippen LogP contribution in [0.2, 0.25) is 0 Å². The fraction of sp³-hybridized carbons (Fsp3) is 0.400. The van der Waals surface area contributed by atoms with Gasteiger partial charge >= 0.3 is 0 Å². The zero-order valence-corrected chi connectivity index (χ0v) is 8.03. The van der Waals surface area contributed by atoms with Crippen LogP contribution in [0.4, 0.5) is 0 Å². The van der Waals surface area contributed by atoms with Crippen molar-refractivity contribution in [2.45, 2.75) is 18.7 Å². The average Bonchev–Trinajstić information content (AvgIpc) is 2.07. The molecule has 0 spiro atoms. The minimum Gasteiger partial charge on any atom is -0.323 e. The molecule has 64 valence electrons. The predicted octanol–water partition coefficient (Wildman–Crippen LogP) is 2.24. The molecule has 0 amide bonds. The molecule has 0 saturated carbocycles. The number of hydrogen-bond donors (Lipinski definition) is 1. The highest BCUT2D eigenvalue weighted by molar-refractivity contribution is 7.98. The molecular formula is C10H13NS. The van der Waals surface area contributed by atoms with Crippen molar-refractivity contribution in [3.8, 4) is 0 Å². The van der Waals surface area contributed by atoms with Gasteiger partial charge in [0.15, 0.2) is 0 Å². The first kappa shape index (κ1) is 8.14. The highest BCUT2D eigenvalue weighted by Gasteiger charge is 2.17. The number of thioether (sulfide) groups is 1. The molecule has 0 radical (unpaired) electrons. The van der Waals surface area contributed by atoms with Crippen LogP contribution in [0, 0.1) is 6.92 Å². The van der Waals surface area contributed by atoms with Crippen LogP contribution < -0.4 is 5.73 Å². The topological polar surface area (TPSA) is 26.0 Å². The summed E-state index contributed by atoms with van der Waals surface area (Å²) in [5.41, 5.74) is 10.2. The van der Waals surface area contributed by atoms with Crippen molar-refractivity contribution in [2.75, 3.05) is 5.75 Å². The van der Waals surface area contributed by atoms with Crippen LogP contribution in [0.1, 0.15) is 22.7 Å². The van der Waals surface area contributed by atoms with Gasteiger partial charge in [-0.1, -0.05) is 18.2 Å². The summed E-state index contributed by atoms with van der Waals surface area (Å²) in [5, 5.41) is 0. The maximum atomic E-state index is 5.99. The first-order valence-corrected chi connectivity index (χ1v) is 5.36. The van der Waals surface area contributed by atoms with E-state index in [9.17, 15) is 0 Å². The quantitative estimate of drug-likeness (QED) is 0.661. The molecule has 0 fully saturated rings. The van der Waals surface area contributed by atoms with Crippen molar-refractivity contribution in [3.63, 3.8) is 0 Å². The molecule has 0 bridgehead atoms. The Kier molecular flexibility index (Phi) is 2.11. The average molecular weight is 179 g/mol. The molecule has 2 heteroatoms. The molecule has 2 rings (SSSR count). The third-order valence-corrected chi connectivity index (χ3v) is 3.48. The summed E-state index contributed by atoms with van der Waals surface area (Å²) in [4.78, 5) is 0. The van der Waals surface area contributed by atoms with E-state index in [4.69, 9.17) is 5.73 Å². The lowest BCUT2D eigenvalue weighted by atomic mass is 9.98. The SMILES string of the molecule is Cc1cccc2c1CSC[C@H]2N.